The third kappa shape index (κ3) is 3.81. The maximum atomic E-state index is 12.6. The van der Waals surface area contributed by atoms with Crippen LogP contribution in [0.1, 0.15) is 65.0 Å². The van der Waals surface area contributed by atoms with Crippen molar-refractivity contribution in [1.82, 2.24) is 10.3 Å². The Bertz CT molecular complexity index is 737. The van der Waals surface area contributed by atoms with E-state index in [1.165, 1.54) is 0 Å². The van der Waals surface area contributed by atoms with Gasteiger partial charge in [-0.05, 0) is 79.9 Å². The second-order valence-corrected chi connectivity index (χ2v) is 10.4. The summed E-state index contributed by atoms with van der Waals surface area (Å²) in [5.74, 6) is -0.367. The first-order chi connectivity index (χ1) is 13.2. The molecule has 28 heavy (non-hydrogen) atoms. The number of aromatic nitrogens is 1. The molecule has 3 aliphatic rings. The summed E-state index contributed by atoms with van der Waals surface area (Å²) in [6.45, 7) is 7.01. The number of amides is 1. The molecule has 1 aromatic heterocycles. The van der Waals surface area contributed by atoms with Gasteiger partial charge in [0, 0.05) is 23.5 Å². The lowest BCUT2D eigenvalue weighted by atomic mass is 9.50. The number of halogens is 1. The zero-order valence-corrected chi connectivity index (χ0v) is 18.4. The Morgan fingerprint density at radius 1 is 1.18 bits per heavy atom. The number of nitrogens with one attached hydrogen (secondary N) is 1. The minimum absolute atomic E-state index is 0.187. The highest BCUT2D eigenvalue weighted by Crippen LogP contribution is 2.62. The quantitative estimate of drug-likeness (QED) is 0.706. The number of carbonyl (C=O) groups is 1. The van der Waals surface area contributed by atoms with E-state index < -0.39 is 17.2 Å². The number of alkyl carbamates (subject to hydrolysis) is 1. The summed E-state index contributed by atoms with van der Waals surface area (Å²) < 4.78 is 18.2. The molecule has 1 saturated heterocycles. The molecule has 2 spiro atoms. The Balaban J connectivity index is 1.52. The summed E-state index contributed by atoms with van der Waals surface area (Å²) in [6, 6.07) is 3.87. The first-order valence-electron chi connectivity index (χ1n) is 10.1. The fraction of sp³-hybridized carbons (Fsp3) is 0.714. The number of carbonyl (C=O) groups excluding carboxylic acids is 1. The Morgan fingerprint density at radius 3 is 2.39 bits per heavy atom. The summed E-state index contributed by atoms with van der Waals surface area (Å²) in [5.41, 5.74) is 0.0133. The number of hydrogen-bond donors (Lipinski definition) is 1. The van der Waals surface area contributed by atoms with Crippen molar-refractivity contribution < 1.29 is 19.0 Å². The van der Waals surface area contributed by atoms with Crippen molar-refractivity contribution in [2.45, 2.75) is 76.2 Å². The smallest absolute Gasteiger partial charge is 0.408 e. The van der Waals surface area contributed by atoms with E-state index >= 15 is 0 Å². The molecule has 6 nitrogen and oxygen atoms in total. The molecular formula is C21H29BrN2O4. The van der Waals surface area contributed by atoms with Crippen LogP contribution in [0.25, 0.3) is 0 Å². The van der Waals surface area contributed by atoms with Crippen LogP contribution in [0.4, 0.5) is 4.79 Å². The van der Waals surface area contributed by atoms with Crippen LogP contribution in [0.2, 0.25) is 0 Å². The molecule has 0 unspecified atom stereocenters. The van der Waals surface area contributed by atoms with Gasteiger partial charge in [0.15, 0.2) is 5.79 Å². The Morgan fingerprint density at radius 2 is 1.82 bits per heavy atom. The molecule has 7 heteroatoms. The molecule has 0 aromatic carbocycles. The van der Waals surface area contributed by atoms with Gasteiger partial charge in [-0.3, -0.25) is 4.98 Å². The van der Waals surface area contributed by atoms with Crippen LogP contribution < -0.4 is 5.32 Å². The second kappa shape index (κ2) is 6.96. The number of rotatable bonds is 2. The van der Waals surface area contributed by atoms with Crippen molar-refractivity contribution in [1.29, 1.82) is 0 Å². The molecule has 0 atom stereocenters. The molecular weight excluding hydrogens is 424 g/mol. The average molecular weight is 453 g/mol. The van der Waals surface area contributed by atoms with Crippen molar-refractivity contribution in [2.24, 2.45) is 5.41 Å². The van der Waals surface area contributed by atoms with E-state index in [0.717, 1.165) is 48.7 Å². The molecule has 1 N–H and O–H groups in total. The van der Waals surface area contributed by atoms with Crippen LogP contribution in [0.5, 0.6) is 0 Å². The summed E-state index contributed by atoms with van der Waals surface area (Å²) in [4.78, 5) is 17.2. The predicted octanol–water partition coefficient (Wildman–Crippen LogP) is 4.66. The molecule has 1 aliphatic heterocycles. The SMILES string of the molecule is CC(C)(C)OC(=O)NC1(c2ncccc2Br)CC2(CCC3(CC2)OCCO3)C1. The summed E-state index contributed by atoms with van der Waals surface area (Å²) in [7, 11) is 0. The second-order valence-electron chi connectivity index (χ2n) is 9.50. The van der Waals surface area contributed by atoms with Crippen molar-refractivity contribution >= 4 is 22.0 Å². The van der Waals surface area contributed by atoms with Gasteiger partial charge < -0.3 is 19.5 Å². The Hall–Kier alpha value is -1.18. The Labute approximate surface area is 174 Å². The predicted molar refractivity (Wildman–Crippen MR) is 108 cm³/mol. The molecule has 0 bridgehead atoms. The lowest BCUT2D eigenvalue weighted by molar-refractivity contribution is -0.207. The van der Waals surface area contributed by atoms with Gasteiger partial charge in [-0.1, -0.05) is 0 Å². The molecule has 2 saturated carbocycles. The lowest BCUT2D eigenvalue weighted by Gasteiger charge is -2.59. The van der Waals surface area contributed by atoms with Crippen LogP contribution in [-0.4, -0.2) is 35.7 Å². The molecule has 154 valence electrons. The molecule has 2 heterocycles. The van der Waals surface area contributed by atoms with Crippen LogP contribution in [0.3, 0.4) is 0 Å². The normalized spacial score (nSPS) is 24.7. The summed E-state index contributed by atoms with van der Waals surface area (Å²) in [6.07, 6.45) is 6.99. The van der Waals surface area contributed by atoms with Crippen LogP contribution >= 0.6 is 15.9 Å². The van der Waals surface area contributed by atoms with Crippen molar-refractivity contribution in [3.05, 3.63) is 28.5 Å². The van der Waals surface area contributed by atoms with Gasteiger partial charge in [-0.25, -0.2) is 4.79 Å². The van der Waals surface area contributed by atoms with E-state index in [1.54, 1.807) is 6.20 Å². The van der Waals surface area contributed by atoms with Crippen LogP contribution in [0.15, 0.2) is 22.8 Å². The molecule has 4 rings (SSSR count). The standard InChI is InChI=1S/C21H29BrN2O4/c1-18(2,3)28-17(25)24-20(16-15(22)5-4-10-23-16)13-19(14-20)6-8-21(9-7-19)26-11-12-27-21/h4-5,10H,6-9,11-14H2,1-3H3,(H,24,25). The van der Waals surface area contributed by atoms with Gasteiger partial charge in [-0.15, -0.1) is 0 Å². The average Bonchev–Trinajstić information content (AvgIpc) is 3.03. The summed E-state index contributed by atoms with van der Waals surface area (Å²) in [5, 5.41) is 3.16. The first-order valence-corrected chi connectivity index (χ1v) is 10.8. The van der Waals surface area contributed by atoms with Crippen molar-refractivity contribution in [3.8, 4) is 0 Å². The summed E-state index contributed by atoms with van der Waals surface area (Å²) >= 11 is 3.62. The first kappa shape index (κ1) is 20.1. The number of pyridine rings is 1. The molecule has 1 amide bonds. The van der Waals surface area contributed by atoms with Gasteiger partial charge in [0.05, 0.1) is 24.4 Å². The van der Waals surface area contributed by atoms with Gasteiger partial charge >= 0.3 is 6.09 Å². The maximum absolute atomic E-state index is 12.6. The minimum Gasteiger partial charge on any atom is -0.444 e. The third-order valence-corrected chi connectivity index (χ3v) is 6.83. The topological polar surface area (TPSA) is 69.7 Å². The van der Waals surface area contributed by atoms with Crippen LogP contribution in [-0.2, 0) is 19.7 Å². The van der Waals surface area contributed by atoms with E-state index in [1.807, 2.05) is 32.9 Å². The molecule has 1 aromatic rings. The monoisotopic (exact) mass is 452 g/mol. The Kier molecular flexibility index (Phi) is 5.00. The van der Waals surface area contributed by atoms with E-state index in [4.69, 9.17) is 14.2 Å². The van der Waals surface area contributed by atoms with E-state index in [-0.39, 0.29) is 11.2 Å². The fourth-order valence-corrected chi connectivity index (χ4v) is 5.72. The number of nitrogens with zero attached hydrogens (tertiary/aromatic N) is 1. The molecule has 2 aliphatic carbocycles. The van der Waals surface area contributed by atoms with Crippen LogP contribution in [0, 0.1) is 5.41 Å². The van der Waals surface area contributed by atoms with E-state index in [0.29, 0.717) is 13.2 Å². The van der Waals surface area contributed by atoms with Crippen molar-refractivity contribution in [3.63, 3.8) is 0 Å². The maximum Gasteiger partial charge on any atom is 0.408 e. The highest BCUT2D eigenvalue weighted by Gasteiger charge is 2.60. The van der Waals surface area contributed by atoms with Gasteiger partial charge in [0.1, 0.15) is 5.60 Å². The van der Waals surface area contributed by atoms with Crippen molar-refractivity contribution in [2.75, 3.05) is 13.2 Å². The molecule has 0 radical (unpaired) electrons. The van der Waals surface area contributed by atoms with Gasteiger partial charge in [0.2, 0.25) is 0 Å². The highest BCUT2D eigenvalue weighted by atomic mass is 79.9. The number of ether oxygens (including phenoxy) is 3. The van der Waals surface area contributed by atoms with E-state index in [9.17, 15) is 4.79 Å². The highest BCUT2D eigenvalue weighted by molar-refractivity contribution is 9.10. The largest absolute Gasteiger partial charge is 0.444 e. The van der Waals surface area contributed by atoms with Gasteiger partial charge in [-0.2, -0.15) is 0 Å². The fourth-order valence-electron chi connectivity index (χ4n) is 5.08. The molecule has 3 fully saturated rings. The zero-order chi connectivity index (χ0) is 20.0. The van der Waals surface area contributed by atoms with Gasteiger partial charge in [0.25, 0.3) is 0 Å². The lowest BCUT2D eigenvalue weighted by Crippen LogP contribution is -2.62. The number of hydrogen-bond acceptors (Lipinski definition) is 5. The minimum atomic E-state index is -0.539. The third-order valence-electron chi connectivity index (χ3n) is 6.19. The van der Waals surface area contributed by atoms with E-state index in [2.05, 4.69) is 26.2 Å². The zero-order valence-electron chi connectivity index (χ0n) is 16.8.